The highest BCUT2D eigenvalue weighted by atomic mass is 32.2. The normalized spacial score (nSPS) is 17.3. The quantitative estimate of drug-likeness (QED) is 0.827. The molecule has 0 aromatic heterocycles. The standard InChI is InChI=1S/C12H16F2N2O3S/c13-10-7-9(15)8-11(14)12(10)20(17,18)6-3-16-1-4-19-5-2-16/h7-8H,1-6,15H2. The van der Waals surface area contributed by atoms with Crippen LogP contribution in [-0.4, -0.2) is 51.9 Å². The molecule has 0 bridgehead atoms. The number of hydrogen-bond donors (Lipinski definition) is 1. The van der Waals surface area contributed by atoms with Crippen molar-refractivity contribution < 1.29 is 21.9 Å². The van der Waals surface area contributed by atoms with E-state index < -0.39 is 26.4 Å². The maximum absolute atomic E-state index is 13.6. The minimum absolute atomic E-state index is 0.146. The van der Waals surface area contributed by atoms with Gasteiger partial charge in [0.15, 0.2) is 9.84 Å². The van der Waals surface area contributed by atoms with Crippen molar-refractivity contribution in [1.82, 2.24) is 4.90 Å². The van der Waals surface area contributed by atoms with Crippen LogP contribution in [0.3, 0.4) is 0 Å². The number of ether oxygens (including phenoxy) is 1. The fourth-order valence-electron chi connectivity index (χ4n) is 2.05. The van der Waals surface area contributed by atoms with Crippen LogP contribution in [0.25, 0.3) is 0 Å². The average molecular weight is 306 g/mol. The first-order valence-electron chi connectivity index (χ1n) is 6.17. The second kappa shape index (κ2) is 6.02. The third-order valence-corrected chi connectivity index (χ3v) is 4.84. The number of benzene rings is 1. The first kappa shape index (κ1) is 15.1. The zero-order valence-electron chi connectivity index (χ0n) is 10.8. The van der Waals surface area contributed by atoms with Crippen molar-refractivity contribution >= 4 is 15.5 Å². The number of halogens is 2. The van der Waals surface area contributed by atoms with E-state index in [-0.39, 0.29) is 18.0 Å². The fraction of sp³-hybridized carbons (Fsp3) is 0.500. The van der Waals surface area contributed by atoms with Gasteiger partial charge in [0.1, 0.15) is 16.5 Å². The predicted molar refractivity (Wildman–Crippen MR) is 70.1 cm³/mol. The van der Waals surface area contributed by atoms with E-state index in [1.807, 2.05) is 4.90 Å². The lowest BCUT2D eigenvalue weighted by Crippen LogP contribution is -2.39. The Balaban J connectivity index is 2.14. The van der Waals surface area contributed by atoms with Crippen LogP contribution in [0, 0.1) is 11.6 Å². The van der Waals surface area contributed by atoms with Gasteiger partial charge in [-0.3, -0.25) is 4.90 Å². The fourth-order valence-corrected chi connectivity index (χ4v) is 3.47. The van der Waals surface area contributed by atoms with E-state index in [1.165, 1.54) is 0 Å². The van der Waals surface area contributed by atoms with Crippen molar-refractivity contribution in [2.45, 2.75) is 4.90 Å². The van der Waals surface area contributed by atoms with Gasteiger partial charge in [-0.2, -0.15) is 0 Å². The zero-order chi connectivity index (χ0) is 14.8. The number of nitrogen functional groups attached to an aromatic ring is 1. The van der Waals surface area contributed by atoms with Gasteiger partial charge in [-0.15, -0.1) is 0 Å². The molecule has 2 N–H and O–H groups in total. The van der Waals surface area contributed by atoms with E-state index in [0.717, 1.165) is 12.1 Å². The van der Waals surface area contributed by atoms with Gasteiger partial charge in [0.2, 0.25) is 0 Å². The smallest absolute Gasteiger partial charge is 0.185 e. The summed E-state index contributed by atoms with van der Waals surface area (Å²) in [7, 11) is -4.03. The van der Waals surface area contributed by atoms with Crippen LogP contribution in [-0.2, 0) is 14.6 Å². The monoisotopic (exact) mass is 306 g/mol. The van der Waals surface area contributed by atoms with Crippen LogP contribution in [0.2, 0.25) is 0 Å². The average Bonchev–Trinajstić information content (AvgIpc) is 2.36. The van der Waals surface area contributed by atoms with Crippen LogP contribution in [0.5, 0.6) is 0 Å². The molecule has 0 unspecified atom stereocenters. The van der Waals surface area contributed by atoms with Gasteiger partial charge < -0.3 is 10.5 Å². The van der Waals surface area contributed by atoms with Crippen LogP contribution in [0.4, 0.5) is 14.5 Å². The molecule has 20 heavy (non-hydrogen) atoms. The molecule has 1 aromatic rings. The van der Waals surface area contributed by atoms with Crippen molar-refractivity contribution in [3.8, 4) is 0 Å². The van der Waals surface area contributed by atoms with Crippen LogP contribution < -0.4 is 5.73 Å². The Bertz CT molecular complexity index is 563. The molecular weight excluding hydrogens is 290 g/mol. The van der Waals surface area contributed by atoms with Crippen LogP contribution >= 0.6 is 0 Å². The molecule has 1 aromatic carbocycles. The molecule has 8 heteroatoms. The number of morpholine rings is 1. The Labute approximate surface area is 116 Å². The van der Waals surface area contributed by atoms with E-state index in [0.29, 0.717) is 26.3 Å². The second-order valence-electron chi connectivity index (χ2n) is 4.59. The first-order valence-corrected chi connectivity index (χ1v) is 7.83. The maximum atomic E-state index is 13.6. The topological polar surface area (TPSA) is 72.6 Å². The predicted octanol–water partition coefficient (Wildman–Crippen LogP) is 0.653. The summed E-state index contributed by atoms with van der Waals surface area (Å²) in [5.74, 6) is -2.64. The lowest BCUT2D eigenvalue weighted by Gasteiger charge is -2.26. The van der Waals surface area contributed by atoms with E-state index in [2.05, 4.69) is 0 Å². The summed E-state index contributed by atoms with van der Waals surface area (Å²) >= 11 is 0. The summed E-state index contributed by atoms with van der Waals surface area (Å²) in [6.07, 6.45) is 0. The largest absolute Gasteiger partial charge is 0.399 e. The molecule has 0 saturated carbocycles. The van der Waals surface area contributed by atoms with Gasteiger partial charge in [-0.25, -0.2) is 17.2 Å². The van der Waals surface area contributed by atoms with Crippen molar-refractivity contribution in [3.63, 3.8) is 0 Å². The van der Waals surface area contributed by atoms with E-state index >= 15 is 0 Å². The SMILES string of the molecule is Nc1cc(F)c(S(=O)(=O)CCN2CCOCC2)c(F)c1. The van der Waals surface area contributed by atoms with E-state index in [9.17, 15) is 17.2 Å². The zero-order valence-corrected chi connectivity index (χ0v) is 11.6. The molecule has 112 valence electrons. The first-order chi connectivity index (χ1) is 9.40. The van der Waals surface area contributed by atoms with E-state index in [4.69, 9.17) is 10.5 Å². The number of hydrogen-bond acceptors (Lipinski definition) is 5. The summed E-state index contributed by atoms with van der Waals surface area (Å²) in [6, 6.07) is 1.62. The molecule has 0 radical (unpaired) electrons. The highest BCUT2D eigenvalue weighted by molar-refractivity contribution is 7.91. The molecule has 1 aliphatic rings. The summed E-state index contributed by atoms with van der Waals surface area (Å²) < 4.78 is 56.5. The van der Waals surface area contributed by atoms with Gasteiger partial charge in [0.05, 0.1) is 19.0 Å². The maximum Gasteiger partial charge on any atom is 0.185 e. The molecule has 1 saturated heterocycles. The number of anilines is 1. The Morgan fingerprint density at radius 2 is 1.75 bits per heavy atom. The number of rotatable bonds is 4. The Morgan fingerprint density at radius 3 is 2.30 bits per heavy atom. The van der Waals surface area contributed by atoms with Gasteiger partial charge in [-0.05, 0) is 12.1 Å². The van der Waals surface area contributed by atoms with Crippen LogP contribution in [0.1, 0.15) is 0 Å². The molecular formula is C12H16F2N2O3S. The lowest BCUT2D eigenvalue weighted by molar-refractivity contribution is 0.0408. The van der Waals surface area contributed by atoms with Crippen molar-refractivity contribution in [2.75, 3.05) is 44.3 Å². The molecule has 1 fully saturated rings. The number of nitrogens with two attached hydrogens (primary N) is 1. The third kappa shape index (κ3) is 3.44. The van der Waals surface area contributed by atoms with Gasteiger partial charge in [0.25, 0.3) is 0 Å². The second-order valence-corrected chi connectivity index (χ2v) is 6.63. The van der Waals surface area contributed by atoms with Crippen molar-refractivity contribution in [1.29, 1.82) is 0 Å². The number of nitrogens with zero attached hydrogens (tertiary/aromatic N) is 1. The highest BCUT2D eigenvalue weighted by Crippen LogP contribution is 2.23. The molecule has 1 aliphatic heterocycles. The van der Waals surface area contributed by atoms with Crippen LogP contribution in [0.15, 0.2) is 17.0 Å². The summed E-state index contributed by atoms with van der Waals surface area (Å²) in [5.41, 5.74) is 5.12. The molecule has 0 amide bonds. The molecule has 2 rings (SSSR count). The summed E-state index contributed by atoms with van der Waals surface area (Å²) in [4.78, 5) is 0.980. The summed E-state index contributed by atoms with van der Waals surface area (Å²) in [6.45, 7) is 2.51. The molecule has 5 nitrogen and oxygen atoms in total. The number of sulfone groups is 1. The lowest BCUT2D eigenvalue weighted by atomic mass is 10.3. The highest BCUT2D eigenvalue weighted by Gasteiger charge is 2.25. The Kier molecular flexibility index (Phi) is 4.56. The Hall–Kier alpha value is -1.25. The molecule has 0 atom stereocenters. The Morgan fingerprint density at radius 1 is 1.20 bits per heavy atom. The van der Waals surface area contributed by atoms with Gasteiger partial charge >= 0.3 is 0 Å². The molecule has 1 heterocycles. The minimum Gasteiger partial charge on any atom is -0.399 e. The van der Waals surface area contributed by atoms with Crippen molar-refractivity contribution in [2.24, 2.45) is 0 Å². The molecule has 0 aliphatic carbocycles. The van der Waals surface area contributed by atoms with Gasteiger partial charge in [0, 0.05) is 25.3 Å². The van der Waals surface area contributed by atoms with E-state index in [1.54, 1.807) is 0 Å². The van der Waals surface area contributed by atoms with Gasteiger partial charge in [-0.1, -0.05) is 0 Å². The summed E-state index contributed by atoms with van der Waals surface area (Å²) in [5, 5.41) is 0. The minimum atomic E-state index is -4.03. The van der Waals surface area contributed by atoms with Crippen molar-refractivity contribution in [3.05, 3.63) is 23.8 Å². The molecule has 0 spiro atoms. The third-order valence-electron chi connectivity index (χ3n) is 3.11.